The summed E-state index contributed by atoms with van der Waals surface area (Å²) in [5.74, 6) is 0.488. The van der Waals surface area contributed by atoms with Crippen LogP contribution in [-0.4, -0.2) is 40.2 Å². The Morgan fingerprint density at radius 2 is 2.31 bits per heavy atom. The van der Waals surface area contributed by atoms with Crippen LogP contribution in [0.2, 0.25) is 0 Å². The van der Waals surface area contributed by atoms with Gasteiger partial charge in [-0.25, -0.2) is 0 Å². The molecule has 0 aromatic rings. The largest absolute Gasteiger partial charge is 0.377 e. The van der Waals surface area contributed by atoms with Gasteiger partial charge in [0.1, 0.15) is 6.23 Å². The van der Waals surface area contributed by atoms with Gasteiger partial charge in [0.05, 0.1) is 0 Å². The smallest absolute Gasteiger partial charge is 0.186 e. The van der Waals surface area contributed by atoms with Gasteiger partial charge in [-0.1, -0.05) is 18.2 Å². The zero-order chi connectivity index (χ0) is 9.84. The van der Waals surface area contributed by atoms with E-state index in [1.807, 2.05) is 11.9 Å². The fourth-order valence-corrected chi connectivity index (χ4v) is 1.97. The van der Waals surface area contributed by atoms with Crippen LogP contribution < -0.4 is 0 Å². The number of rotatable bonds is 4. The van der Waals surface area contributed by atoms with Gasteiger partial charge in [0.25, 0.3) is 0 Å². The number of carbonyl (C=O) groups is 1. The van der Waals surface area contributed by atoms with Gasteiger partial charge in [0, 0.05) is 18.7 Å². The summed E-state index contributed by atoms with van der Waals surface area (Å²) in [4.78, 5) is 12.6. The number of hydrogen-bond acceptors (Lipinski definition) is 4. The molecule has 0 aromatic heterocycles. The summed E-state index contributed by atoms with van der Waals surface area (Å²) in [7, 11) is 1.93. The van der Waals surface area contributed by atoms with E-state index >= 15 is 0 Å². The van der Waals surface area contributed by atoms with E-state index in [4.69, 9.17) is 0 Å². The highest BCUT2D eigenvalue weighted by Gasteiger charge is 2.26. The van der Waals surface area contributed by atoms with E-state index < -0.39 is 6.23 Å². The van der Waals surface area contributed by atoms with Crippen molar-refractivity contribution in [3.63, 3.8) is 0 Å². The van der Waals surface area contributed by atoms with E-state index in [0.29, 0.717) is 11.8 Å². The maximum atomic E-state index is 10.7. The Kier molecular flexibility index (Phi) is 4.22. The summed E-state index contributed by atoms with van der Waals surface area (Å²) in [6.45, 7) is 1.53. The monoisotopic (exact) mass is 203 g/mol. The maximum absolute atomic E-state index is 10.7. The van der Waals surface area contributed by atoms with E-state index in [1.54, 1.807) is 0 Å². The number of hydrogen-bond donors (Lipinski definition) is 1. The molecule has 3 nitrogen and oxygen atoms in total. The average molecular weight is 203 g/mol. The van der Waals surface area contributed by atoms with Crippen LogP contribution in [0.1, 0.15) is 26.2 Å². The van der Waals surface area contributed by atoms with Crippen molar-refractivity contribution in [1.82, 2.24) is 4.90 Å². The van der Waals surface area contributed by atoms with Gasteiger partial charge < -0.3 is 5.11 Å². The molecule has 0 aliphatic heterocycles. The molecule has 0 aromatic carbocycles. The van der Waals surface area contributed by atoms with Gasteiger partial charge in [0.2, 0.25) is 0 Å². The molecule has 0 spiro atoms. The standard InChI is InChI=1S/C9H17NO2S/c1-7(11)13-6-9(12)10(2)8-4-3-5-8/h8-9,12H,3-6H2,1-2H3. The summed E-state index contributed by atoms with van der Waals surface area (Å²) < 4.78 is 0. The Labute approximate surface area is 83.5 Å². The molecule has 13 heavy (non-hydrogen) atoms. The van der Waals surface area contributed by atoms with Crippen molar-refractivity contribution in [2.75, 3.05) is 12.8 Å². The van der Waals surface area contributed by atoms with Gasteiger partial charge in [0.15, 0.2) is 5.12 Å². The molecule has 4 heteroatoms. The third-order valence-electron chi connectivity index (χ3n) is 2.56. The third-order valence-corrected chi connectivity index (χ3v) is 3.43. The molecule has 1 N–H and O–H groups in total. The van der Waals surface area contributed by atoms with Crippen LogP contribution in [0, 0.1) is 0 Å². The number of nitrogens with zero attached hydrogens (tertiary/aromatic N) is 1. The van der Waals surface area contributed by atoms with Gasteiger partial charge in [-0.15, -0.1) is 0 Å². The zero-order valence-corrected chi connectivity index (χ0v) is 9.01. The lowest BCUT2D eigenvalue weighted by atomic mass is 9.92. The normalized spacial score (nSPS) is 20.0. The Morgan fingerprint density at radius 1 is 1.69 bits per heavy atom. The molecule has 1 unspecified atom stereocenters. The highest BCUT2D eigenvalue weighted by molar-refractivity contribution is 8.13. The molecule has 0 bridgehead atoms. The molecule has 1 fully saturated rings. The van der Waals surface area contributed by atoms with Crippen molar-refractivity contribution in [1.29, 1.82) is 0 Å². The van der Waals surface area contributed by atoms with Crippen molar-refractivity contribution in [3.8, 4) is 0 Å². The molecular formula is C9H17NO2S. The number of carbonyl (C=O) groups excluding carboxylic acids is 1. The molecule has 1 rings (SSSR count). The fraction of sp³-hybridized carbons (Fsp3) is 0.889. The lowest BCUT2D eigenvalue weighted by Crippen LogP contribution is -2.45. The first-order valence-corrected chi connectivity index (χ1v) is 5.63. The maximum Gasteiger partial charge on any atom is 0.186 e. The predicted octanol–water partition coefficient (Wildman–Crippen LogP) is 1.07. The molecule has 1 saturated carbocycles. The Hall–Kier alpha value is -0.0600. The second-order valence-corrected chi connectivity index (χ2v) is 4.73. The molecule has 1 aliphatic carbocycles. The van der Waals surface area contributed by atoms with Crippen molar-refractivity contribution in [3.05, 3.63) is 0 Å². The topological polar surface area (TPSA) is 40.5 Å². The second kappa shape index (κ2) is 4.98. The third kappa shape index (κ3) is 3.29. The van der Waals surface area contributed by atoms with Gasteiger partial charge in [-0.2, -0.15) is 0 Å². The number of aliphatic hydroxyl groups excluding tert-OH is 1. The van der Waals surface area contributed by atoms with Gasteiger partial charge in [-0.05, 0) is 19.9 Å². The van der Waals surface area contributed by atoms with Crippen molar-refractivity contribution >= 4 is 16.9 Å². The first kappa shape index (κ1) is 11.0. The molecule has 0 heterocycles. The van der Waals surface area contributed by atoms with Crippen LogP contribution in [0.25, 0.3) is 0 Å². The van der Waals surface area contributed by atoms with Crippen LogP contribution in [0.5, 0.6) is 0 Å². The molecule has 0 saturated heterocycles. The Morgan fingerprint density at radius 3 is 2.69 bits per heavy atom. The minimum absolute atomic E-state index is 0.0704. The van der Waals surface area contributed by atoms with Crippen LogP contribution in [0.4, 0.5) is 0 Å². The molecule has 0 radical (unpaired) electrons. The minimum atomic E-state index is -0.473. The SMILES string of the molecule is CC(=O)SCC(O)N(C)C1CCC1. The Balaban J connectivity index is 2.20. The minimum Gasteiger partial charge on any atom is -0.377 e. The number of thioether (sulfide) groups is 1. The lowest BCUT2D eigenvalue weighted by molar-refractivity contribution is -0.109. The zero-order valence-electron chi connectivity index (χ0n) is 8.19. The van der Waals surface area contributed by atoms with E-state index in [2.05, 4.69) is 0 Å². The first-order chi connectivity index (χ1) is 6.11. The molecule has 76 valence electrons. The molecule has 1 aliphatic rings. The van der Waals surface area contributed by atoms with Gasteiger partial charge in [-0.3, -0.25) is 9.69 Å². The number of aliphatic hydroxyl groups is 1. The lowest BCUT2D eigenvalue weighted by Gasteiger charge is -2.37. The van der Waals surface area contributed by atoms with Crippen LogP contribution in [0.15, 0.2) is 0 Å². The van der Waals surface area contributed by atoms with E-state index in [-0.39, 0.29) is 5.12 Å². The van der Waals surface area contributed by atoms with Crippen molar-refractivity contribution in [2.45, 2.75) is 38.5 Å². The predicted molar refractivity (Wildman–Crippen MR) is 54.5 cm³/mol. The second-order valence-electron chi connectivity index (χ2n) is 3.53. The van der Waals surface area contributed by atoms with E-state index in [0.717, 1.165) is 0 Å². The van der Waals surface area contributed by atoms with E-state index in [9.17, 15) is 9.90 Å². The Bertz CT molecular complexity index is 182. The summed E-state index contributed by atoms with van der Waals surface area (Å²) in [5, 5.41) is 9.73. The summed E-state index contributed by atoms with van der Waals surface area (Å²) in [6, 6.07) is 0.530. The fourth-order valence-electron chi connectivity index (χ4n) is 1.35. The van der Waals surface area contributed by atoms with Crippen molar-refractivity contribution in [2.24, 2.45) is 0 Å². The van der Waals surface area contributed by atoms with Crippen LogP contribution in [0.3, 0.4) is 0 Å². The summed E-state index contributed by atoms with van der Waals surface area (Å²) >= 11 is 1.19. The molecule has 0 amide bonds. The first-order valence-electron chi connectivity index (χ1n) is 4.64. The van der Waals surface area contributed by atoms with Crippen molar-refractivity contribution < 1.29 is 9.90 Å². The molecular weight excluding hydrogens is 186 g/mol. The highest BCUT2D eigenvalue weighted by Crippen LogP contribution is 2.25. The molecule has 1 atom stereocenters. The summed E-state index contributed by atoms with van der Waals surface area (Å²) in [6.07, 6.45) is 3.15. The van der Waals surface area contributed by atoms with E-state index in [1.165, 1.54) is 37.9 Å². The van der Waals surface area contributed by atoms with Crippen LogP contribution >= 0.6 is 11.8 Å². The highest BCUT2D eigenvalue weighted by atomic mass is 32.2. The summed E-state index contributed by atoms with van der Waals surface area (Å²) in [5.41, 5.74) is 0. The average Bonchev–Trinajstić information content (AvgIpc) is 1.96. The van der Waals surface area contributed by atoms with Crippen LogP contribution in [-0.2, 0) is 4.79 Å². The van der Waals surface area contributed by atoms with Gasteiger partial charge >= 0.3 is 0 Å². The quantitative estimate of drug-likeness (QED) is 0.694.